The lowest BCUT2D eigenvalue weighted by Crippen LogP contribution is -2.31. The van der Waals surface area contributed by atoms with Crippen LogP contribution in [0.25, 0.3) is 49.3 Å². The van der Waals surface area contributed by atoms with E-state index in [1.54, 1.807) is 40.9 Å². The highest BCUT2D eigenvalue weighted by molar-refractivity contribution is 6.22. The molecule has 0 radical (unpaired) electrons. The Labute approximate surface area is 307 Å². The van der Waals surface area contributed by atoms with Gasteiger partial charge < -0.3 is 59.2 Å². The van der Waals surface area contributed by atoms with Crippen LogP contribution < -0.4 is 56.0 Å². The van der Waals surface area contributed by atoms with Crippen LogP contribution in [0.5, 0.6) is 40.2 Å². The number of nitrogens with zero attached hydrogens (tertiary/aromatic N) is 1. The first-order chi connectivity index (χ1) is 25.7. The first-order valence-electron chi connectivity index (χ1n) is 16.5. The van der Waals surface area contributed by atoms with Crippen LogP contribution in [0, 0.1) is 0 Å². The van der Waals surface area contributed by atoms with Gasteiger partial charge in [-0.25, -0.2) is 19.2 Å². The summed E-state index contributed by atoms with van der Waals surface area (Å²) in [5.41, 5.74) is 18.2. The van der Waals surface area contributed by atoms with Gasteiger partial charge in [0.25, 0.3) is 0 Å². The zero-order valence-corrected chi connectivity index (χ0v) is 30.4. The van der Waals surface area contributed by atoms with Gasteiger partial charge in [-0.1, -0.05) is 6.07 Å². The van der Waals surface area contributed by atoms with Crippen molar-refractivity contribution in [2.45, 2.75) is 38.9 Å². The molecule has 3 atom stereocenters. The van der Waals surface area contributed by atoms with Crippen molar-refractivity contribution in [2.24, 2.45) is 17.2 Å². The Hall–Kier alpha value is -6.36. The maximum absolute atomic E-state index is 14.1. The van der Waals surface area contributed by atoms with E-state index in [1.807, 2.05) is 0 Å². The molecule has 6 N–H and O–H groups in total. The third-order valence-corrected chi connectivity index (χ3v) is 8.64. The number of carbonyl (C=O) groups is 3. The molecule has 3 aromatic carbocycles. The smallest absolute Gasteiger partial charge is 0.361 e. The zero-order valence-electron chi connectivity index (χ0n) is 30.4. The van der Waals surface area contributed by atoms with Crippen LogP contribution in [0.4, 0.5) is 0 Å². The molecule has 16 nitrogen and oxygen atoms in total. The first kappa shape index (κ1) is 37.4. The number of aromatic nitrogens is 1. The third kappa shape index (κ3) is 6.35. The van der Waals surface area contributed by atoms with Crippen molar-refractivity contribution in [3.63, 3.8) is 0 Å². The second-order valence-electron chi connectivity index (χ2n) is 12.4. The number of fused-ring (bicyclic) bond motifs is 7. The van der Waals surface area contributed by atoms with Crippen LogP contribution in [-0.2, 0) is 14.4 Å². The largest absolute Gasteiger partial charge is 0.493 e. The van der Waals surface area contributed by atoms with Crippen LogP contribution in [0.15, 0.2) is 57.9 Å². The topological polar surface area (TPSA) is 228 Å². The van der Waals surface area contributed by atoms with E-state index in [-0.39, 0.29) is 51.3 Å². The molecule has 0 aliphatic rings. The molecule has 0 saturated carbocycles. The van der Waals surface area contributed by atoms with Crippen molar-refractivity contribution in [3.8, 4) is 51.4 Å². The molecule has 3 heterocycles. The molecule has 0 unspecified atom stereocenters. The van der Waals surface area contributed by atoms with Gasteiger partial charge in [0.05, 0.1) is 34.0 Å². The van der Waals surface area contributed by atoms with Crippen LogP contribution in [0.2, 0.25) is 0 Å². The summed E-state index contributed by atoms with van der Waals surface area (Å²) < 4.78 is 47.0. The molecule has 0 saturated heterocycles. The van der Waals surface area contributed by atoms with Crippen molar-refractivity contribution in [2.75, 3.05) is 28.4 Å². The van der Waals surface area contributed by atoms with E-state index in [2.05, 4.69) is 0 Å². The van der Waals surface area contributed by atoms with E-state index in [0.717, 1.165) is 0 Å². The van der Waals surface area contributed by atoms with Gasteiger partial charge in [0.15, 0.2) is 34.5 Å². The molecule has 16 heteroatoms. The molecule has 0 amide bonds. The van der Waals surface area contributed by atoms with E-state index in [1.165, 1.54) is 61.3 Å². The molecular weight excluding hydrogens is 704 g/mol. The minimum atomic E-state index is -0.975. The number of rotatable bonds is 11. The van der Waals surface area contributed by atoms with Crippen molar-refractivity contribution >= 4 is 56.1 Å². The molecule has 282 valence electrons. The molecule has 0 fully saturated rings. The van der Waals surface area contributed by atoms with Crippen LogP contribution in [0.3, 0.4) is 0 Å². The molecular formula is C38H38N4O12. The zero-order chi connectivity index (χ0) is 39.2. The number of pyridine rings is 1. The number of esters is 3. The maximum atomic E-state index is 14.1. The third-order valence-electron chi connectivity index (χ3n) is 8.64. The fourth-order valence-electron chi connectivity index (χ4n) is 6.05. The summed E-state index contributed by atoms with van der Waals surface area (Å²) in [5.74, 6) is -1.39. The van der Waals surface area contributed by atoms with Crippen molar-refractivity contribution in [3.05, 3.63) is 59.1 Å². The number of methoxy groups -OCH3 is 4. The summed E-state index contributed by atoms with van der Waals surface area (Å²) in [6, 6.07) is 8.28. The Morgan fingerprint density at radius 3 is 1.78 bits per heavy atom. The van der Waals surface area contributed by atoms with Gasteiger partial charge in [-0.15, -0.1) is 0 Å². The van der Waals surface area contributed by atoms with Crippen LogP contribution in [0.1, 0.15) is 20.8 Å². The Kier molecular flexibility index (Phi) is 10.1. The summed E-state index contributed by atoms with van der Waals surface area (Å²) in [6.45, 7) is 4.44. The highest BCUT2D eigenvalue weighted by atomic mass is 16.6. The summed E-state index contributed by atoms with van der Waals surface area (Å²) in [5, 5.41) is 1.65. The van der Waals surface area contributed by atoms with Gasteiger partial charge in [-0.05, 0) is 56.7 Å². The molecule has 0 bridgehead atoms. The number of hydrogen-bond acceptors (Lipinski definition) is 15. The second-order valence-corrected chi connectivity index (χ2v) is 12.4. The van der Waals surface area contributed by atoms with Gasteiger partial charge in [-0.3, -0.25) is 0 Å². The monoisotopic (exact) mass is 742 g/mol. The van der Waals surface area contributed by atoms with E-state index in [4.69, 9.17) is 54.8 Å². The Balaban J connectivity index is 1.82. The van der Waals surface area contributed by atoms with Gasteiger partial charge >= 0.3 is 23.5 Å². The van der Waals surface area contributed by atoms with Gasteiger partial charge in [0.2, 0.25) is 5.75 Å². The van der Waals surface area contributed by atoms with Crippen LogP contribution in [-0.4, -0.2) is 68.9 Å². The predicted octanol–water partition coefficient (Wildman–Crippen LogP) is 3.81. The summed E-state index contributed by atoms with van der Waals surface area (Å²) >= 11 is 0. The standard InChI is InChI=1S/C38H38N4O12/c1-16(39)35(43)51-23-9-8-19(12-25(23)47-4)29-30-22-14-26(48-5)27(53-36(44)17(2)40)15-24(22)52-38(46)32(30)42-11-10-20-21(31(29)42)13-28(49-6)34(50-7)33(20)54-37(45)18(3)41/h8-18H,39-41H2,1-7H3/t16-,17-,18-/m0/s1. The van der Waals surface area contributed by atoms with Gasteiger partial charge in [0, 0.05) is 39.4 Å². The molecule has 0 aliphatic heterocycles. The van der Waals surface area contributed by atoms with Crippen LogP contribution >= 0.6 is 0 Å². The predicted molar refractivity (Wildman–Crippen MR) is 198 cm³/mol. The average molecular weight is 743 g/mol. The number of benzene rings is 3. The fraction of sp³-hybridized carbons (Fsp3) is 0.263. The van der Waals surface area contributed by atoms with Crippen molar-refractivity contribution < 1.29 is 52.0 Å². The highest BCUT2D eigenvalue weighted by Crippen LogP contribution is 2.49. The molecule has 54 heavy (non-hydrogen) atoms. The van der Waals surface area contributed by atoms with E-state index >= 15 is 0 Å². The van der Waals surface area contributed by atoms with E-state index < -0.39 is 41.7 Å². The average Bonchev–Trinajstić information content (AvgIpc) is 3.50. The quantitative estimate of drug-likeness (QED) is 0.0974. The minimum absolute atomic E-state index is 0.0232. The molecule has 0 spiro atoms. The van der Waals surface area contributed by atoms with Gasteiger partial charge in [-0.2, -0.15) is 0 Å². The number of hydrogen-bond donors (Lipinski definition) is 3. The van der Waals surface area contributed by atoms with Crippen molar-refractivity contribution in [1.82, 2.24) is 4.40 Å². The molecule has 0 aliphatic carbocycles. The Morgan fingerprint density at radius 1 is 0.611 bits per heavy atom. The second kappa shape index (κ2) is 14.6. The number of carbonyl (C=O) groups excluding carboxylic acids is 3. The minimum Gasteiger partial charge on any atom is -0.493 e. The number of nitrogens with two attached hydrogens (primary N) is 3. The SMILES string of the molecule is COc1cc(-c2c3c4cc(OC)c(OC(=O)[C@H](C)N)cc4oc(=O)c3n3ccc4c(OC(=O)[C@H](C)N)c(OC)c(OC)cc4c23)ccc1OC(=O)[C@H](C)N. The summed E-state index contributed by atoms with van der Waals surface area (Å²) in [7, 11) is 5.62. The number of ether oxygens (including phenoxy) is 7. The maximum Gasteiger partial charge on any atom is 0.361 e. The normalized spacial score (nSPS) is 13.1. The summed E-state index contributed by atoms with van der Waals surface area (Å²) in [4.78, 5) is 52.0. The fourth-order valence-corrected chi connectivity index (χ4v) is 6.05. The van der Waals surface area contributed by atoms with Gasteiger partial charge in [0.1, 0.15) is 29.2 Å². The lowest BCUT2D eigenvalue weighted by atomic mass is 9.97. The molecule has 6 rings (SSSR count). The van der Waals surface area contributed by atoms with Crippen molar-refractivity contribution in [1.29, 1.82) is 0 Å². The first-order valence-corrected chi connectivity index (χ1v) is 16.5. The Morgan fingerprint density at radius 2 is 1.19 bits per heavy atom. The molecule has 3 aromatic heterocycles. The lowest BCUT2D eigenvalue weighted by Gasteiger charge is -2.18. The Bertz CT molecular complexity index is 2550. The molecule has 6 aromatic rings. The lowest BCUT2D eigenvalue weighted by molar-refractivity contribution is -0.136. The van der Waals surface area contributed by atoms with E-state index in [9.17, 15) is 19.2 Å². The highest BCUT2D eigenvalue weighted by Gasteiger charge is 2.29. The summed E-state index contributed by atoms with van der Waals surface area (Å²) in [6.07, 6.45) is 1.62. The van der Waals surface area contributed by atoms with E-state index in [0.29, 0.717) is 38.2 Å².